The van der Waals surface area contributed by atoms with Gasteiger partial charge in [-0.3, -0.25) is 14.5 Å². The number of benzene rings is 2. The van der Waals surface area contributed by atoms with Crippen LogP contribution in [0.25, 0.3) is 0 Å². The number of nitrogens with one attached hydrogen (secondary N) is 1. The van der Waals surface area contributed by atoms with Gasteiger partial charge in [0.1, 0.15) is 11.1 Å². The molecule has 1 unspecified atom stereocenters. The Morgan fingerprint density at radius 1 is 1.21 bits per heavy atom. The lowest BCUT2D eigenvalue weighted by Gasteiger charge is -2.15. The molecule has 0 saturated carbocycles. The Balaban J connectivity index is 1.78. The fourth-order valence-corrected chi connectivity index (χ4v) is 4.22. The first-order valence-electron chi connectivity index (χ1n) is 9.58. The summed E-state index contributed by atoms with van der Waals surface area (Å²) in [6.45, 7) is 6.55. The molecule has 1 fully saturated rings. The van der Waals surface area contributed by atoms with E-state index in [9.17, 15) is 14.0 Å². The molecular weight excluding hydrogens is 389 g/mol. The topological polar surface area (TPSA) is 61.8 Å². The van der Waals surface area contributed by atoms with Crippen molar-refractivity contribution in [1.29, 1.82) is 0 Å². The maximum absolute atomic E-state index is 13.8. The summed E-state index contributed by atoms with van der Waals surface area (Å²) >= 11 is 1.29. The number of amidine groups is 1. The van der Waals surface area contributed by atoms with E-state index in [0.717, 1.165) is 23.2 Å². The number of nitrogens with zero attached hydrogens (tertiary/aromatic N) is 2. The predicted molar refractivity (Wildman–Crippen MR) is 116 cm³/mol. The van der Waals surface area contributed by atoms with Crippen molar-refractivity contribution in [3.8, 4) is 0 Å². The molecule has 0 bridgehead atoms. The van der Waals surface area contributed by atoms with Crippen LogP contribution in [0.3, 0.4) is 0 Å². The molecule has 0 spiro atoms. The largest absolute Gasteiger partial charge is 0.324 e. The summed E-state index contributed by atoms with van der Waals surface area (Å²) in [4.78, 5) is 31.6. The second kappa shape index (κ2) is 9.22. The maximum atomic E-state index is 13.8. The number of carbonyl (C=O) groups excluding carboxylic acids is 2. The number of anilines is 1. The Labute approximate surface area is 174 Å². The number of amides is 2. The van der Waals surface area contributed by atoms with Gasteiger partial charge in [-0.25, -0.2) is 9.38 Å². The van der Waals surface area contributed by atoms with Crippen LogP contribution in [0.2, 0.25) is 0 Å². The zero-order chi connectivity index (χ0) is 21.0. The van der Waals surface area contributed by atoms with Crippen LogP contribution in [0.4, 0.5) is 15.8 Å². The van der Waals surface area contributed by atoms with Crippen molar-refractivity contribution in [3.05, 3.63) is 59.4 Å². The monoisotopic (exact) mass is 413 g/mol. The summed E-state index contributed by atoms with van der Waals surface area (Å²) in [5.74, 6) is -1.04. The average Bonchev–Trinajstić information content (AvgIpc) is 2.96. The van der Waals surface area contributed by atoms with E-state index in [1.54, 1.807) is 17.0 Å². The van der Waals surface area contributed by atoms with Gasteiger partial charge in [-0.2, -0.15) is 0 Å². The molecule has 1 saturated heterocycles. The van der Waals surface area contributed by atoms with E-state index in [1.807, 2.05) is 39.0 Å². The van der Waals surface area contributed by atoms with Gasteiger partial charge in [-0.1, -0.05) is 43.0 Å². The van der Waals surface area contributed by atoms with Crippen LogP contribution >= 0.6 is 11.8 Å². The second-order valence-electron chi connectivity index (χ2n) is 6.94. The van der Waals surface area contributed by atoms with Gasteiger partial charge < -0.3 is 5.32 Å². The number of carbonyl (C=O) groups is 2. The minimum Gasteiger partial charge on any atom is -0.324 e. The third kappa shape index (κ3) is 4.85. The van der Waals surface area contributed by atoms with E-state index in [1.165, 1.54) is 23.9 Å². The second-order valence-corrected chi connectivity index (χ2v) is 8.11. The number of hydrogen-bond donors (Lipinski definition) is 1. The lowest BCUT2D eigenvalue weighted by atomic mass is 10.1. The van der Waals surface area contributed by atoms with E-state index >= 15 is 0 Å². The van der Waals surface area contributed by atoms with Gasteiger partial charge in [-0.15, -0.1) is 0 Å². The Morgan fingerprint density at radius 2 is 1.97 bits per heavy atom. The molecule has 7 heteroatoms. The number of thioether (sulfide) groups is 1. The van der Waals surface area contributed by atoms with E-state index in [-0.39, 0.29) is 18.0 Å². The van der Waals surface area contributed by atoms with Gasteiger partial charge >= 0.3 is 0 Å². The molecule has 2 aromatic rings. The third-order valence-corrected chi connectivity index (χ3v) is 5.95. The van der Waals surface area contributed by atoms with Crippen LogP contribution in [0.5, 0.6) is 0 Å². The van der Waals surface area contributed by atoms with Gasteiger partial charge in [0.25, 0.3) is 0 Å². The third-order valence-electron chi connectivity index (χ3n) is 4.78. The van der Waals surface area contributed by atoms with Crippen LogP contribution in [0.1, 0.15) is 30.9 Å². The summed E-state index contributed by atoms with van der Waals surface area (Å²) in [6.07, 6.45) is 0.746. The smallest absolute Gasteiger partial charge is 0.242 e. The van der Waals surface area contributed by atoms with Crippen LogP contribution in [-0.4, -0.2) is 33.7 Å². The minimum atomic E-state index is -0.572. The highest BCUT2D eigenvalue weighted by molar-refractivity contribution is 8.15. The zero-order valence-electron chi connectivity index (χ0n) is 16.7. The molecule has 2 aromatic carbocycles. The predicted octanol–water partition coefficient (Wildman–Crippen LogP) is 4.81. The lowest BCUT2D eigenvalue weighted by Crippen LogP contribution is -2.34. The maximum Gasteiger partial charge on any atom is 0.242 e. The SMILES string of the molecule is CCCN1C(=O)C(CC(=O)Nc2ccccc2F)SC1=Nc1cccc(C)c1C. The first-order valence-corrected chi connectivity index (χ1v) is 10.5. The van der Waals surface area contributed by atoms with E-state index < -0.39 is 17.0 Å². The molecule has 1 atom stereocenters. The number of aryl methyl sites for hydroxylation is 1. The Kier molecular flexibility index (Phi) is 6.69. The Morgan fingerprint density at radius 3 is 2.69 bits per heavy atom. The quantitative estimate of drug-likeness (QED) is 0.739. The molecule has 29 heavy (non-hydrogen) atoms. The fraction of sp³-hybridized carbons (Fsp3) is 0.318. The molecule has 5 nitrogen and oxygen atoms in total. The summed E-state index contributed by atoms with van der Waals surface area (Å²) < 4.78 is 13.8. The molecule has 0 aromatic heterocycles. The highest BCUT2D eigenvalue weighted by Crippen LogP contribution is 2.33. The van der Waals surface area contributed by atoms with Crippen molar-refractivity contribution in [2.24, 2.45) is 4.99 Å². The van der Waals surface area contributed by atoms with Gasteiger partial charge in [0, 0.05) is 13.0 Å². The van der Waals surface area contributed by atoms with Crippen molar-refractivity contribution in [2.45, 2.75) is 38.9 Å². The van der Waals surface area contributed by atoms with Gasteiger partial charge in [0.2, 0.25) is 11.8 Å². The summed E-state index contributed by atoms with van der Waals surface area (Å²) in [5, 5.41) is 2.58. The number of rotatable bonds is 6. The normalized spacial score (nSPS) is 17.8. The van der Waals surface area contributed by atoms with Crippen molar-refractivity contribution in [1.82, 2.24) is 4.90 Å². The summed E-state index contributed by atoms with van der Waals surface area (Å²) in [6, 6.07) is 11.9. The first-order chi connectivity index (χ1) is 13.9. The zero-order valence-corrected chi connectivity index (χ0v) is 17.6. The first kappa shape index (κ1) is 21.0. The standard InChI is InChI=1S/C22H24FN3O2S/c1-4-12-26-21(28)19(13-20(27)24-18-10-6-5-9-16(18)23)29-22(26)25-17-11-7-8-14(2)15(17)3/h5-11,19H,4,12-13H2,1-3H3,(H,24,27). The minimum absolute atomic E-state index is 0.0378. The van der Waals surface area contributed by atoms with Crippen molar-refractivity contribution < 1.29 is 14.0 Å². The molecule has 1 heterocycles. The number of halogens is 1. The highest BCUT2D eigenvalue weighted by atomic mass is 32.2. The van der Waals surface area contributed by atoms with Gasteiger partial charge in [0.15, 0.2) is 5.17 Å². The van der Waals surface area contributed by atoms with E-state index in [4.69, 9.17) is 4.99 Å². The molecular formula is C22H24FN3O2S. The summed E-state index contributed by atoms with van der Waals surface area (Å²) in [7, 11) is 0. The van der Waals surface area contributed by atoms with Crippen LogP contribution in [0, 0.1) is 19.7 Å². The van der Waals surface area contributed by atoms with E-state index in [0.29, 0.717) is 11.7 Å². The van der Waals surface area contributed by atoms with Crippen LogP contribution in [-0.2, 0) is 9.59 Å². The highest BCUT2D eigenvalue weighted by Gasteiger charge is 2.38. The molecule has 1 aliphatic rings. The average molecular weight is 414 g/mol. The van der Waals surface area contributed by atoms with Crippen LogP contribution < -0.4 is 5.32 Å². The lowest BCUT2D eigenvalue weighted by molar-refractivity contribution is -0.128. The number of aliphatic imine (C=N–C) groups is 1. The number of para-hydroxylation sites is 1. The molecule has 1 aliphatic heterocycles. The van der Waals surface area contributed by atoms with Gasteiger partial charge in [0.05, 0.1) is 11.4 Å². The summed E-state index contributed by atoms with van der Waals surface area (Å²) in [5.41, 5.74) is 3.12. The van der Waals surface area contributed by atoms with Gasteiger partial charge in [-0.05, 0) is 49.6 Å². The molecule has 2 amide bonds. The molecule has 152 valence electrons. The van der Waals surface area contributed by atoms with Crippen molar-refractivity contribution in [2.75, 3.05) is 11.9 Å². The molecule has 1 N–H and O–H groups in total. The molecule has 0 radical (unpaired) electrons. The van der Waals surface area contributed by atoms with Crippen molar-refractivity contribution in [3.63, 3.8) is 0 Å². The van der Waals surface area contributed by atoms with E-state index in [2.05, 4.69) is 5.32 Å². The Bertz CT molecular complexity index is 961. The fourth-order valence-electron chi connectivity index (χ4n) is 3.05. The molecule has 0 aliphatic carbocycles. The molecule has 3 rings (SSSR count). The number of hydrogen-bond acceptors (Lipinski definition) is 4. The van der Waals surface area contributed by atoms with Crippen LogP contribution in [0.15, 0.2) is 47.5 Å². The van der Waals surface area contributed by atoms with Crippen molar-refractivity contribution >= 4 is 40.1 Å². The Hall–Kier alpha value is -2.67.